The number of aromatic nitrogens is 2. The SMILES string of the molecule is CCOC(=O)c1c(-c2ccc(F)c(Cl)c2)nn2cccc2c1C(C)C. The van der Waals surface area contributed by atoms with Crippen LogP contribution >= 0.6 is 11.6 Å². The van der Waals surface area contributed by atoms with Crippen LogP contribution in [0.25, 0.3) is 16.8 Å². The number of nitrogens with zero attached hydrogens (tertiary/aromatic N) is 2. The molecule has 0 saturated carbocycles. The molecule has 0 amide bonds. The van der Waals surface area contributed by atoms with E-state index >= 15 is 0 Å². The van der Waals surface area contributed by atoms with E-state index in [4.69, 9.17) is 16.3 Å². The van der Waals surface area contributed by atoms with Gasteiger partial charge in [-0.3, -0.25) is 0 Å². The van der Waals surface area contributed by atoms with Crippen LogP contribution in [0.3, 0.4) is 0 Å². The molecule has 4 nitrogen and oxygen atoms in total. The van der Waals surface area contributed by atoms with E-state index in [9.17, 15) is 9.18 Å². The molecule has 6 heteroatoms. The van der Waals surface area contributed by atoms with Crippen LogP contribution in [0.5, 0.6) is 0 Å². The maximum absolute atomic E-state index is 13.6. The number of esters is 1. The zero-order chi connectivity index (χ0) is 18.1. The Balaban J connectivity index is 2.37. The lowest BCUT2D eigenvalue weighted by molar-refractivity contribution is 0.0525. The zero-order valence-electron chi connectivity index (χ0n) is 14.2. The number of rotatable bonds is 4. The lowest BCUT2D eigenvalue weighted by atomic mass is 9.93. The predicted molar refractivity (Wildman–Crippen MR) is 95.6 cm³/mol. The molecule has 0 aliphatic heterocycles. The highest BCUT2D eigenvalue weighted by atomic mass is 35.5. The molecular formula is C19H18ClFN2O2. The van der Waals surface area contributed by atoms with Crippen molar-refractivity contribution in [3.05, 3.63) is 58.5 Å². The van der Waals surface area contributed by atoms with Gasteiger partial charge < -0.3 is 4.74 Å². The Morgan fingerprint density at radius 3 is 2.76 bits per heavy atom. The smallest absolute Gasteiger partial charge is 0.340 e. The third-order valence-electron chi connectivity index (χ3n) is 3.97. The summed E-state index contributed by atoms with van der Waals surface area (Å²) in [5, 5.41) is 4.54. The van der Waals surface area contributed by atoms with Gasteiger partial charge in [0.05, 0.1) is 22.7 Å². The minimum absolute atomic E-state index is 0.0205. The summed E-state index contributed by atoms with van der Waals surface area (Å²) in [6, 6.07) is 8.08. The molecule has 0 atom stereocenters. The van der Waals surface area contributed by atoms with Crippen molar-refractivity contribution in [2.24, 2.45) is 0 Å². The van der Waals surface area contributed by atoms with Gasteiger partial charge in [-0.25, -0.2) is 13.7 Å². The fraction of sp³-hybridized carbons (Fsp3) is 0.263. The molecule has 0 bridgehead atoms. The monoisotopic (exact) mass is 360 g/mol. The highest BCUT2D eigenvalue weighted by Crippen LogP contribution is 2.33. The van der Waals surface area contributed by atoms with E-state index < -0.39 is 11.8 Å². The number of halogens is 2. The summed E-state index contributed by atoms with van der Waals surface area (Å²) in [4.78, 5) is 12.7. The second-order valence-corrected chi connectivity index (χ2v) is 6.39. The Bertz CT molecular complexity index is 950. The first-order chi connectivity index (χ1) is 11.9. The van der Waals surface area contributed by atoms with E-state index in [2.05, 4.69) is 5.10 Å². The van der Waals surface area contributed by atoms with Gasteiger partial charge in [0.2, 0.25) is 0 Å². The van der Waals surface area contributed by atoms with Crippen LogP contribution in [0.15, 0.2) is 36.5 Å². The number of benzene rings is 1. The van der Waals surface area contributed by atoms with E-state index in [1.807, 2.05) is 32.2 Å². The molecule has 130 valence electrons. The summed E-state index contributed by atoms with van der Waals surface area (Å²) < 4.78 is 20.5. The molecule has 2 aromatic heterocycles. The Hall–Kier alpha value is -2.40. The third-order valence-corrected chi connectivity index (χ3v) is 4.26. The molecular weight excluding hydrogens is 343 g/mol. The maximum Gasteiger partial charge on any atom is 0.340 e. The lowest BCUT2D eigenvalue weighted by Crippen LogP contribution is -2.15. The van der Waals surface area contributed by atoms with Gasteiger partial charge in [0.1, 0.15) is 11.5 Å². The van der Waals surface area contributed by atoms with Crippen molar-refractivity contribution in [3.8, 4) is 11.3 Å². The largest absolute Gasteiger partial charge is 0.462 e. The van der Waals surface area contributed by atoms with Crippen LogP contribution in [0.4, 0.5) is 4.39 Å². The fourth-order valence-electron chi connectivity index (χ4n) is 2.93. The molecule has 25 heavy (non-hydrogen) atoms. The Labute approximate surface area is 150 Å². The number of fused-ring (bicyclic) bond motifs is 1. The van der Waals surface area contributed by atoms with Crippen molar-refractivity contribution in [3.63, 3.8) is 0 Å². The highest BCUT2D eigenvalue weighted by Gasteiger charge is 2.25. The number of hydrogen-bond acceptors (Lipinski definition) is 3. The molecule has 0 aliphatic carbocycles. The van der Waals surface area contributed by atoms with Crippen LogP contribution in [0.1, 0.15) is 42.6 Å². The van der Waals surface area contributed by atoms with Gasteiger partial charge in [-0.1, -0.05) is 25.4 Å². The lowest BCUT2D eigenvalue weighted by Gasteiger charge is -2.18. The summed E-state index contributed by atoms with van der Waals surface area (Å²) in [5.41, 5.74) is 3.06. The summed E-state index contributed by atoms with van der Waals surface area (Å²) in [6.07, 6.45) is 1.81. The molecule has 0 saturated heterocycles. The number of hydrogen-bond donors (Lipinski definition) is 0. The molecule has 0 radical (unpaired) electrons. The molecule has 2 heterocycles. The van der Waals surface area contributed by atoms with Crippen LogP contribution < -0.4 is 0 Å². The predicted octanol–water partition coefficient (Wildman–Crippen LogP) is 5.09. The van der Waals surface area contributed by atoms with Crippen LogP contribution in [-0.4, -0.2) is 22.2 Å². The summed E-state index contributed by atoms with van der Waals surface area (Å²) in [6.45, 7) is 6.02. The minimum atomic E-state index is -0.519. The Morgan fingerprint density at radius 1 is 1.36 bits per heavy atom. The summed E-state index contributed by atoms with van der Waals surface area (Å²) in [7, 11) is 0. The van der Waals surface area contributed by atoms with Crippen molar-refractivity contribution in [2.75, 3.05) is 6.61 Å². The van der Waals surface area contributed by atoms with Gasteiger partial charge in [0.25, 0.3) is 0 Å². The molecule has 3 rings (SSSR count). The van der Waals surface area contributed by atoms with Gasteiger partial charge in [-0.2, -0.15) is 5.10 Å². The molecule has 0 aliphatic rings. The van der Waals surface area contributed by atoms with E-state index in [-0.39, 0.29) is 17.5 Å². The Kier molecular flexibility index (Phi) is 4.77. The maximum atomic E-state index is 13.6. The number of ether oxygens (including phenoxy) is 1. The van der Waals surface area contributed by atoms with Crippen molar-refractivity contribution in [1.29, 1.82) is 0 Å². The van der Waals surface area contributed by atoms with E-state index in [0.29, 0.717) is 16.8 Å². The Morgan fingerprint density at radius 2 is 2.12 bits per heavy atom. The first-order valence-corrected chi connectivity index (χ1v) is 8.45. The second kappa shape index (κ2) is 6.84. The van der Waals surface area contributed by atoms with Gasteiger partial charge in [-0.15, -0.1) is 0 Å². The highest BCUT2D eigenvalue weighted by molar-refractivity contribution is 6.31. The average molecular weight is 361 g/mol. The van der Waals surface area contributed by atoms with E-state index in [1.165, 1.54) is 12.1 Å². The quantitative estimate of drug-likeness (QED) is 0.608. The molecule has 0 unspecified atom stereocenters. The number of carbonyl (C=O) groups is 1. The minimum Gasteiger partial charge on any atom is -0.462 e. The van der Waals surface area contributed by atoms with Gasteiger partial charge in [0, 0.05) is 11.8 Å². The van der Waals surface area contributed by atoms with Gasteiger partial charge in [-0.05, 0) is 48.7 Å². The third kappa shape index (κ3) is 3.12. The topological polar surface area (TPSA) is 43.6 Å². The first-order valence-electron chi connectivity index (χ1n) is 8.07. The normalized spacial score (nSPS) is 11.3. The molecule has 0 N–H and O–H groups in total. The molecule has 0 spiro atoms. The summed E-state index contributed by atoms with van der Waals surface area (Å²) in [5.74, 6) is -0.901. The number of carbonyl (C=O) groups excluding carboxylic acids is 1. The standard InChI is InChI=1S/C19H18ClFN2O2/c1-4-25-19(24)17-16(11(2)3)15-6-5-9-23(15)22-18(17)12-7-8-14(21)13(20)10-12/h5-11H,4H2,1-3H3. The van der Waals surface area contributed by atoms with E-state index in [1.54, 1.807) is 17.5 Å². The van der Waals surface area contributed by atoms with Gasteiger partial charge >= 0.3 is 5.97 Å². The van der Waals surface area contributed by atoms with Crippen LogP contribution in [0.2, 0.25) is 5.02 Å². The molecule has 0 fully saturated rings. The van der Waals surface area contributed by atoms with Crippen molar-refractivity contribution >= 4 is 23.1 Å². The molecule has 3 aromatic rings. The average Bonchev–Trinajstić information content (AvgIpc) is 3.03. The van der Waals surface area contributed by atoms with Crippen molar-refractivity contribution in [1.82, 2.24) is 9.61 Å². The van der Waals surface area contributed by atoms with Crippen LogP contribution in [0, 0.1) is 5.82 Å². The van der Waals surface area contributed by atoms with Crippen LogP contribution in [-0.2, 0) is 4.74 Å². The zero-order valence-corrected chi connectivity index (χ0v) is 15.0. The van der Waals surface area contributed by atoms with Gasteiger partial charge in [0.15, 0.2) is 0 Å². The first kappa shape index (κ1) is 17.4. The fourth-order valence-corrected chi connectivity index (χ4v) is 3.11. The van der Waals surface area contributed by atoms with Crippen molar-refractivity contribution in [2.45, 2.75) is 26.7 Å². The second-order valence-electron chi connectivity index (χ2n) is 5.98. The molecule has 1 aromatic carbocycles. The van der Waals surface area contributed by atoms with E-state index in [0.717, 1.165) is 11.1 Å². The summed E-state index contributed by atoms with van der Waals surface area (Å²) >= 11 is 5.93. The van der Waals surface area contributed by atoms with Crippen molar-refractivity contribution < 1.29 is 13.9 Å².